The molecule has 0 saturated carbocycles. The van der Waals surface area contributed by atoms with Crippen LogP contribution in [0.25, 0.3) is 0 Å². The molecule has 0 fully saturated rings. The third-order valence-corrected chi connectivity index (χ3v) is 2.33. The van der Waals surface area contributed by atoms with Gasteiger partial charge in [-0.1, -0.05) is 18.2 Å². The predicted octanol–water partition coefficient (Wildman–Crippen LogP) is 2.26. The molecule has 0 aliphatic heterocycles. The predicted molar refractivity (Wildman–Crippen MR) is 70.2 cm³/mol. The van der Waals surface area contributed by atoms with Crippen molar-refractivity contribution < 1.29 is 9.47 Å². The van der Waals surface area contributed by atoms with Gasteiger partial charge in [0.1, 0.15) is 12.4 Å². The molecule has 0 aliphatic carbocycles. The summed E-state index contributed by atoms with van der Waals surface area (Å²) in [7, 11) is 0. The van der Waals surface area contributed by atoms with Crippen molar-refractivity contribution in [2.24, 2.45) is 0 Å². The average Bonchev–Trinajstić information content (AvgIpc) is 2.40. The quantitative estimate of drug-likeness (QED) is 0.792. The van der Waals surface area contributed by atoms with Crippen LogP contribution in [0.2, 0.25) is 0 Å². The number of nitrogens with two attached hydrogens (primary N) is 1. The van der Waals surface area contributed by atoms with Crippen molar-refractivity contribution in [2.75, 3.05) is 18.9 Å². The van der Waals surface area contributed by atoms with E-state index in [1.54, 1.807) is 18.3 Å². The second kappa shape index (κ2) is 6.61. The van der Waals surface area contributed by atoms with E-state index in [9.17, 15) is 0 Å². The van der Waals surface area contributed by atoms with Gasteiger partial charge < -0.3 is 15.2 Å². The second-order valence-electron chi connectivity index (χ2n) is 3.79. The van der Waals surface area contributed by atoms with Crippen LogP contribution in [-0.2, 0) is 11.3 Å². The first-order valence-corrected chi connectivity index (χ1v) is 5.80. The van der Waals surface area contributed by atoms with E-state index >= 15 is 0 Å². The number of nitrogens with zero attached hydrogens (tertiary/aromatic N) is 1. The molecule has 18 heavy (non-hydrogen) atoms. The lowest BCUT2D eigenvalue weighted by Crippen LogP contribution is -2.07. The number of benzene rings is 1. The number of hydrogen-bond acceptors (Lipinski definition) is 4. The summed E-state index contributed by atoms with van der Waals surface area (Å²) >= 11 is 0. The molecule has 1 aromatic heterocycles. The van der Waals surface area contributed by atoms with Crippen molar-refractivity contribution in [1.29, 1.82) is 0 Å². The van der Waals surface area contributed by atoms with E-state index < -0.39 is 0 Å². The summed E-state index contributed by atoms with van der Waals surface area (Å²) in [6.07, 6.45) is 1.68. The highest BCUT2D eigenvalue weighted by Crippen LogP contribution is 2.08. The normalized spacial score (nSPS) is 10.2. The van der Waals surface area contributed by atoms with Crippen LogP contribution in [0.5, 0.6) is 5.75 Å². The maximum atomic E-state index is 5.64. The lowest BCUT2D eigenvalue weighted by Gasteiger charge is -2.07. The molecular weight excluding hydrogens is 228 g/mol. The molecule has 2 aromatic rings. The molecule has 0 spiro atoms. The summed E-state index contributed by atoms with van der Waals surface area (Å²) in [5, 5.41) is 0. The van der Waals surface area contributed by atoms with E-state index in [1.807, 2.05) is 30.3 Å². The summed E-state index contributed by atoms with van der Waals surface area (Å²) in [5.74, 6) is 0.850. The van der Waals surface area contributed by atoms with Gasteiger partial charge in [0.2, 0.25) is 0 Å². The topological polar surface area (TPSA) is 57.4 Å². The number of pyridine rings is 1. The first-order chi connectivity index (χ1) is 8.84. The number of hydrogen-bond donors (Lipinski definition) is 1. The fraction of sp³-hybridized carbons (Fsp3) is 0.214. The molecule has 0 atom stereocenters. The number of aromatic nitrogens is 1. The number of nitrogen functional groups attached to an aromatic ring is 1. The monoisotopic (exact) mass is 244 g/mol. The SMILES string of the molecule is Nc1ccnc(COCCOc2ccccc2)c1. The minimum absolute atomic E-state index is 0.448. The molecular formula is C14H16N2O2. The Bertz CT molecular complexity index is 474. The van der Waals surface area contributed by atoms with Gasteiger partial charge in [0.05, 0.1) is 18.9 Å². The zero-order valence-electron chi connectivity index (χ0n) is 10.1. The highest BCUT2D eigenvalue weighted by atomic mass is 16.5. The van der Waals surface area contributed by atoms with E-state index in [0.29, 0.717) is 25.5 Å². The Balaban J connectivity index is 1.65. The van der Waals surface area contributed by atoms with Crippen molar-refractivity contribution in [1.82, 2.24) is 4.98 Å². The lowest BCUT2D eigenvalue weighted by atomic mass is 10.3. The molecule has 0 radical (unpaired) electrons. The number of anilines is 1. The minimum atomic E-state index is 0.448. The van der Waals surface area contributed by atoms with Gasteiger partial charge in [-0.2, -0.15) is 0 Å². The summed E-state index contributed by atoms with van der Waals surface area (Å²) < 4.78 is 11.0. The standard InChI is InChI=1S/C14H16N2O2/c15-12-6-7-16-13(10-12)11-17-8-9-18-14-4-2-1-3-5-14/h1-7,10H,8-9,11H2,(H2,15,16). The Labute approximate surface area is 106 Å². The van der Waals surface area contributed by atoms with Crippen LogP contribution in [0.4, 0.5) is 5.69 Å². The van der Waals surface area contributed by atoms with Gasteiger partial charge in [0.15, 0.2) is 0 Å². The molecule has 2 rings (SSSR count). The molecule has 4 heteroatoms. The molecule has 0 bridgehead atoms. The molecule has 0 amide bonds. The summed E-state index contributed by atoms with van der Waals surface area (Å²) in [4.78, 5) is 4.15. The minimum Gasteiger partial charge on any atom is -0.491 e. The molecule has 1 aromatic carbocycles. The average molecular weight is 244 g/mol. The fourth-order valence-corrected chi connectivity index (χ4v) is 1.49. The molecule has 4 nitrogen and oxygen atoms in total. The maximum absolute atomic E-state index is 5.64. The molecule has 94 valence electrons. The smallest absolute Gasteiger partial charge is 0.119 e. The van der Waals surface area contributed by atoms with Crippen LogP contribution in [0, 0.1) is 0 Å². The number of para-hydroxylation sites is 1. The first-order valence-electron chi connectivity index (χ1n) is 5.80. The Morgan fingerprint density at radius 2 is 1.89 bits per heavy atom. The zero-order chi connectivity index (χ0) is 12.6. The molecule has 1 heterocycles. The summed E-state index contributed by atoms with van der Waals surface area (Å²) in [5.41, 5.74) is 7.17. The van der Waals surface area contributed by atoms with Gasteiger partial charge in [0.25, 0.3) is 0 Å². The Morgan fingerprint density at radius 3 is 2.67 bits per heavy atom. The van der Waals surface area contributed by atoms with Crippen LogP contribution in [0.15, 0.2) is 48.7 Å². The van der Waals surface area contributed by atoms with Crippen LogP contribution >= 0.6 is 0 Å². The molecule has 0 unspecified atom stereocenters. The van der Waals surface area contributed by atoms with Crippen molar-refractivity contribution in [3.63, 3.8) is 0 Å². The van der Waals surface area contributed by atoms with E-state index in [-0.39, 0.29) is 0 Å². The maximum Gasteiger partial charge on any atom is 0.119 e. The Hall–Kier alpha value is -2.07. The number of ether oxygens (including phenoxy) is 2. The van der Waals surface area contributed by atoms with E-state index in [2.05, 4.69) is 4.98 Å². The van der Waals surface area contributed by atoms with Gasteiger partial charge in [-0.05, 0) is 24.3 Å². The van der Waals surface area contributed by atoms with Crippen molar-refractivity contribution in [3.8, 4) is 5.75 Å². The summed E-state index contributed by atoms with van der Waals surface area (Å²) in [6, 6.07) is 13.2. The van der Waals surface area contributed by atoms with Crippen LogP contribution in [0.1, 0.15) is 5.69 Å². The van der Waals surface area contributed by atoms with Gasteiger partial charge in [-0.15, -0.1) is 0 Å². The van der Waals surface area contributed by atoms with E-state index in [0.717, 1.165) is 11.4 Å². The Kier molecular flexibility index (Phi) is 4.55. The highest BCUT2D eigenvalue weighted by molar-refractivity contribution is 5.36. The highest BCUT2D eigenvalue weighted by Gasteiger charge is 1.96. The van der Waals surface area contributed by atoms with Gasteiger partial charge in [-0.25, -0.2) is 0 Å². The first kappa shape index (κ1) is 12.4. The third kappa shape index (κ3) is 4.07. The third-order valence-electron chi connectivity index (χ3n) is 2.33. The van der Waals surface area contributed by atoms with E-state index in [4.69, 9.17) is 15.2 Å². The Morgan fingerprint density at radius 1 is 1.06 bits per heavy atom. The molecule has 2 N–H and O–H groups in total. The van der Waals surface area contributed by atoms with Crippen LogP contribution in [0.3, 0.4) is 0 Å². The van der Waals surface area contributed by atoms with E-state index in [1.165, 1.54) is 0 Å². The number of rotatable bonds is 6. The zero-order valence-corrected chi connectivity index (χ0v) is 10.1. The molecule has 0 saturated heterocycles. The molecule has 0 aliphatic rings. The van der Waals surface area contributed by atoms with Crippen LogP contribution < -0.4 is 10.5 Å². The summed E-state index contributed by atoms with van der Waals surface area (Å²) in [6.45, 7) is 1.49. The van der Waals surface area contributed by atoms with Crippen LogP contribution in [-0.4, -0.2) is 18.2 Å². The van der Waals surface area contributed by atoms with Gasteiger partial charge >= 0.3 is 0 Å². The van der Waals surface area contributed by atoms with Gasteiger partial charge in [0, 0.05) is 11.9 Å². The van der Waals surface area contributed by atoms with Crippen molar-refractivity contribution >= 4 is 5.69 Å². The fourth-order valence-electron chi connectivity index (χ4n) is 1.49. The van der Waals surface area contributed by atoms with Crippen molar-refractivity contribution in [3.05, 3.63) is 54.4 Å². The van der Waals surface area contributed by atoms with Gasteiger partial charge in [-0.3, -0.25) is 4.98 Å². The largest absolute Gasteiger partial charge is 0.491 e. The second-order valence-corrected chi connectivity index (χ2v) is 3.79. The lowest BCUT2D eigenvalue weighted by molar-refractivity contribution is 0.0870. The van der Waals surface area contributed by atoms with Crippen molar-refractivity contribution in [2.45, 2.75) is 6.61 Å².